The van der Waals surface area contributed by atoms with Gasteiger partial charge in [-0.25, -0.2) is 0 Å². The minimum atomic E-state index is 0.245. The van der Waals surface area contributed by atoms with E-state index in [2.05, 4.69) is 41.1 Å². The van der Waals surface area contributed by atoms with Crippen LogP contribution in [0.3, 0.4) is 0 Å². The Morgan fingerprint density at radius 1 is 1.32 bits per heavy atom. The maximum atomic E-state index is 7.31. The highest BCUT2D eigenvalue weighted by atomic mass is 15.1. The highest BCUT2D eigenvalue weighted by Crippen LogP contribution is 2.17. The number of nitrogens with zero attached hydrogens (tertiary/aromatic N) is 2. The molecule has 0 aliphatic carbocycles. The third-order valence-electron chi connectivity index (χ3n) is 3.25. The van der Waals surface area contributed by atoms with Gasteiger partial charge in [0.2, 0.25) is 0 Å². The van der Waals surface area contributed by atoms with Crippen molar-refractivity contribution in [2.45, 2.75) is 19.9 Å². The standard InChI is InChI=1S/C15H20N4/c1-2-19(10-8-14(16)17)11-13-6-3-5-12-7-4-9-18-15(12)13/h3-7,9H,2,8,10-11H2,1H3,(H3,16,17). The summed E-state index contributed by atoms with van der Waals surface area (Å²) in [6, 6.07) is 10.3. The minimum absolute atomic E-state index is 0.245. The van der Waals surface area contributed by atoms with Crippen LogP contribution in [0.5, 0.6) is 0 Å². The van der Waals surface area contributed by atoms with Gasteiger partial charge in [0.25, 0.3) is 0 Å². The van der Waals surface area contributed by atoms with Gasteiger partial charge in [0.1, 0.15) is 0 Å². The van der Waals surface area contributed by atoms with Gasteiger partial charge in [-0.2, -0.15) is 0 Å². The van der Waals surface area contributed by atoms with Crippen LogP contribution in [0.15, 0.2) is 36.5 Å². The normalized spacial score (nSPS) is 11.1. The predicted molar refractivity (Wildman–Crippen MR) is 79.2 cm³/mol. The van der Waals surface area contributed by atoms with Gasteiger partial charge in [0, 0.05) is 31.1 Å². The summed E-state index contributed by atoms with van der Waals surface area (Å²) in [4.78, 5) is 6.75. The third kappa shape index (κ3) is 3.51. The fraction of sp³-hybridized carbons (Fsp3) is 0.333. The molecule has 0 spiro atoms. The first-order valence-corrected chi connectivity index (χ1v) is 6.58. The zero-order valence-electron chi connectivity index (χ0n) is 11.3. The van der Waals surface area contributed by atoms with E-state index in [-0.39, 0.29) is 5.84 Å². The summed E-state index contributed by atoms with van der Waals surface area (Å²) in [5.74, 6) is 0.245. The molecule has 0 atom stereocenters. The number of nitrogens with one attached hydrogen (secondary N) is 1. The Morgan fingerprint density at radius 3 is 2.84 bits per heavy atom. The summed E-state index contributed by atoms with van der Waals surface area (Å²) in [6.07, 6.45) is 2.45. The molecule has 1 aromatic heterocycles. The molecule has 100 valence electrons. The van der Waals surface area contributed by atoms with Crippen molar-refractivity contribution in [1.82, 2.24) is 9.88 Å². The van der Waals surface area contributed by atoms with E-state index in [1.165, 1.54) is 10.9 Å². The van der Waals surface area contributed by atoms with Crippen LogP contribution in [-0.4, -0.2) is 28.8 Å². The van der Waals surface area contributed by atoms with E-state index in [1.54, 1.807) is 0 Å². The fourth-order valence-corrected chi connectivity index (χ4v) is 2.16. The lowest BCUT2D eigenvalue weighted by Gasteiger charge is -2.20. The Balaban J connectivity index is 2.17. The van der Waals surface area contributed by atoms with Crippen LogP contribution in [0, 0.1) is 5.41 Å². The zero-order chi connectivity index (χ0) is 13.7. The Labute approximate surface area is 113 Å². The Morgan fingerprint density at radius 2 is 2.11 bits per heavy atom. The van der Waals surface area contributed by atoms with Crippen molar-refractivity contribution in [3.63, 3.8) is 0 Å². The second-order valence-electron chi connectivity index (χ2n) is 4.64. The van der Waals surface area contributed by atoms with E-state index in [1.807, 2.05) is 12.3 Å². The molecule has 0 fully saturated rings. The number of aromatic nitrogens is 1. The Kier molecular flexibility index (Phi) is 4.47. The van der Waals surface area contributed by atoms with Gasteiger partial charge < -0.3 is 5.73 Å². The lowest BCUT2D eigenvalue weighted by Crippen LogP contribution is -2.27. The molecule has 0 bridgehead atoms. The number of pyridine rings is 1. The van der Waals surface area contributed by atoms with Gasteiger partial charge in [-0.15, -0.1) is 0 Å². The summed E-state index contributed by atoms with van der Waals surface area (Å²) in [6.45, 7) is 4.72. The number of para-hydroxylation sites is 1. The summed E-state index contributed by atoms with van der Waals surface area (Å²) in [5.41, 5.74) is 7.71. The van der Waals surface area contributed by atoms with Crippen molar-refractivity contribution < 1.29 is 0 Å². The van der Waals surface area contributed by atoms with Crippen LogP contribution in [0.25, 0.3) is 10.9 Å². The van der Waals surface area contributed by atoms with Crippen molar-refractivity contribution >= 4 is 16.7 Å². The molecule has 0 unspecified atom stereocenters. The number of benzene rings is 1. The Bertz CT molecular complexity index is 560. The molecule has 2 rings (SSSR count). The SMILES string of the molecule is CCN(CCC(=N)N)Cc1cccc2cccnc12. The van der Waals surface area contributed by atoms with E-state index >= 15 is 0 Å². The van der Waals surface area contributed by atoms with Crippen molar-refractivity contribution in [1.29, 1.82) is 5.41 Å². The van der Waals surface area contributed by atoms with Gasteiger partial charge in [0.15, 0.2) is 0 Å². The Hall–Kier alpha value is -1.94. The van der Waals surface area contributed by atoms with Crippen molar-refractivity contribution in [2.75, 3.05) is 13.1 Å². The number of hydrogen-bond acceptors (Lipinski definition) is 3. The molecule has 0 saturated carbocycles. The van der Waals surface area contributed by atoms with Crippen molar-refractivity contribution in [3.8, 4) is 0 Å². The minimum Gasteiger partial charge on any atom is -0.388 e. The largest absolute Gasteiger partial charge is 0.388 e. The van der Waals surface area contributed by atoms with Gasteiger partial charge in [-0.05, 0) is 18.2 Å². The summed E-state index contributed by atoms with van der Waals surface area (Å²) < 4.78 is 0. The molecule has 0 amide bonds. The van der Waals surface area contributed by atoms with Crippen molar-refractivity contribution in [3.05, 3.63) is 42.1 Å². The molecule has 0 saturated heterocycles. The van der Waals surface area contributed by atoms with Gasteiger partial charge in [-0.3, -0.25) is 15.3 Å². The smallest absolute Gasteiger partial charge is 0.0918 e. The molecule has 1 heterocycles. The highest BCUT2D eigenvalue weighted by molar-refractivity contribution is 5.81. The third-order valence-corrected chi connectivity index (χ3v) is 3.25. The summed E-state index contributed by atoms with van der Waals surface area (Å²) in [7, 11) is 0. The molecule has 1 aromatic carbocycles. The second-order valence-corrected chi connectivity index (χ2v) is 4.64. The summed E-state index contributed by atoms with van der Waals surface area (Å²) in [5, 5.41) is 8.48. The number of rotatable bonds is 6. The summed E-state index contributed by atoms with van der Waals surface area (Å²) >= 11 is 0. The second kappa shape index (κ2) is 6.29. The van der Waals surface area contributed by atoms with Crippen LogP contribution in [-0.2, 0) is 6.54 Å². The average molecular weight is 256 g/mol. The van der Waals surface area contributed by atoms with Gasteiger partial charge >= 0.3 is 0 Å². The molecule has 0 aliphatic rings. The highest BCUT2D eigenvalue weighted by Gasteiger charge is 2.07. The van der Waals surface area contributed by atoms with Gasteiger partial charge in [-0.1, -0.05) is 31.2 Å². The zero-order valence-corrected chi connectivity index (χ0v) is 11.3. The number of fused-ring (bicyclic) bond motifs is 1. The lowest BCUT2D eigenvalue weighted by atomic mass is 10.1. The van der Waals surface area contributed by atoms with Crippen LogP contribution >= 0.6 is 0 Å². The molecule has 19 heavy (non-hydrogen) atoms. The van der Waals surface area contributed by atoms with E-state index in [9.17, 15) is 0 Å². The van der Waals surface area contributed by atoms with Crippen LogP contribution < -0.4 is 5.73 Å². The first kappa shape index (κ1) is 13.5. The van der Waals surface area contributed by atoms with Crippen LogP contribution in [0.2, 0.25) is 0 Å². The maximum Gasteiger partial charge on any atom is 0.0918 e. The fourth-order valence-electron chi connectivity index (χ4n) is 2.16. The molecule has 3 N–H and O–H groups in total. The van der Waals surface area contributed by atoms with Crippen LogP contribution in [0.4, 0.5) is 0 Å². The molecule has 4 nitrogen and oxygen atoms in total. The molecule has 0 aliphatic heterocycles. The van der Waals surface area contributed by atoms with E-state index in [0.29, 0.717) is 6.42 Å². The maximum absolute atomic E-state index is 7.31. The molecule has 4 heteroatoms. The van der Waals surface area contributed by atoms with Crippen molar-refractivity contribution in [2.24, 2.45) is 5.73 Å². The topological polar surface area (TPSA) is 66.0 Å². The number of nitrogens with two attached hydrogens (primary N) is 1. The first-order chi connectivity index (χ1) is 9.20. The monoisotopic (exact) mass is 256 g/mol. The quantitative estimate of drug-likeness (QED) is 0.616. The average Bonchev–Trinajstić information content (AvgIpc) is 2.43. The van der Waals surface area contributed by atoms with E-state index in [4.69, 9.17) is 11.1 Å². The van der Waals surface area contributed by atoms with Crippen LogP contribution in [0.1, 0.15) is 18.9 Å². The molecule has 0 radical (unpaired) electrons. The molecule has 2 aromatic rings. The van der Waals surface area contributed by atoms with Gasteiger partial charge in [0.05, 0.1) is 11.4 Å². The molecular weight excluding hydrogens is 236 g/mol. The number of amidine groups is 1. The molecular formula is C15H20N4. The number of hydrogen-bond donors (Lipinski definition) is 2. The first-order valence-electron chi connectivity index (χ1n) is 6.58. The van der Waals surface area contributed by atoms with E-state index < -0.39 is 0 Å². The predicted octanol–water partition coefficient (Wildman–Crippen LogP) is 2.38. The van der Waals surface area contributed by atoms with E-state index in [0.717, 1.165) is 25.2 Å². The lowest BCUT2D eigenvalue weighted by molar-refractivity contribution is 0.289.